The zero-order chi connectivity index (χ0) is 75.0. The number of aromatic hydroxyl groups is 3. The molecule has 13 rings (SSSR count). The fourth-order valence-electron chi connectivity index (χ4n) is 15.0. The number of phenols is 3. The number of fused-ring (bicyclic) bond motifs is 4. The number of amides is 2. The van der Waals surface area contributed by atoms with Crippen LogP contribution in [0.1, 0.15) is 131 Å². The average molecular weight is 1570 g/mol. The van der Waals surface area contributed by atoms with E-state index < -0.39 is 155 Å². The molecule has 3 aromatic heterocycles. The molecule has 5 N–H and O–H groups in total. The van der Waals surface area contributed by atoms with E-state index in [9.17, 15) is 20.1 Å². The van der Waals surface area contributed by atoms with E-state index in [0.717, 1.165) is 75.2 Å². The molecule has 4 atom stereocenters. The number of hydrogen-bond donors (Lipinski definition) is 4. The normalized spacial score (nSPS) is 15.5. The van der Waals surface area contributed by atoms with Gasteiger partial charge in [0.2, 0.25) is 6.04 Å². The summed E-state index contributed by atoms with van der Waals surface area (Å²) in [6.45, 7) is 5.10. The number of quaternary nitrogens is 1. The van der Waals surface area contributed by atoms with Crippen LogP contribution in [0.4, 0.5) is 23.2 Å². The van der Waals surface area contributed by atoms with Gasteiger partial charge in [-0.25, -0.2) is 22.4 Å². The quantitative estimate of drug-likeness (QED) is 0.0343. The lowest BCUT2D eigenvalue weighted by molar-refractivity contribution is -0.306. The van der Waals surface area contributed by atoms with Crippen LogP contribution in [0.15, 0.2) is 127 Å². The van der Waals surface area contributed by atoms with Gasteiger partial charge in [-0.3, -0.25) is 37.7 Å². The standard InChI is InChI=1S/C75H49Cl8F4N5O12/c1-29-62(38-21-58(93)50(84)25-54(38)89(29)70(97)34-9-13-42(76)46(80)17-34)66(33-7-5-6-8-33)75(103)104-61-24-41-57(28-53(61)87)92(73(100)37-12-16-45(79)49(83)20-37,68(69(88)96)64-31(3)91(56-27-52(86)60(95)23-40(56)64)72(99)36-11-15-44(78)48(82)19-36)32(4)65(41)67(74(101)102)63-30(2)90(55-26-51(85)59(94)22-39(55)63)71(98)35-10-14-43(77)47(81)18-35/h9-28,33,66-68H,5-8H2,1-4H3,(H5-,88,93,94,95,96,101,102). The van der Waals surface area contributed by atoms with Crippen LogP contribution in [0, 0.1) is 50.0 Å². The first-order chi connectivity index (χ1) is 49.2. The van der Waals surface area contributed by atoms with Crippen LogP contribution in [0.5, 0.6) is 23.0 Å². The van der Waals surface area contributed by atoms with Crippen LogP contribution in [0.2, 0.25) is 40.2 Å². The van der Waals surface area contributed by atoms with Crippen molar-refractivity contribution in [2.45, 2.75) is 71.3 Å². The molecular formula is C75H49Cl8F4N5O12. The minimum atomic E-state index is -2.47. The van der Waals surface area contributed by atoms with Gasteiger partial charge in [-0.15, -0.1) is 0 Å². The van der Waals surface area contributed by atoms with E-state index >= 15 is 51.4 Å². The van der Waals surface area contributed by atoms with Crippen LogP contribution in [0.3, 0.4) is 0 Å². The van der Waals surface area contributed by atoms with E-state index in [-0.39, 0.29) is 112 Å². The van der Waals surface area contributed by atoms with Crippen LogP contribution in [-0.4, -0.2) is 70.5 Å². The maximum atomic E-state index is 18.7. The Morgan fingerprint density at radius 3 is 1.28 bits per heavy atom. The summed E-state index contributed by atoms with van der Waals surface area (Å²) in [5.74, 6) is -22.9. The summed E-state index contributed by atoms with van der Waals surface area (Å²) >= 11 is 51.2. The summed E-state index contributed by atoms with van der Waals surface area (Å²) in [7, 11) is 0. The number of nitrogens with zero attached hydrogens (tertiary/aromatic N) is 4. The van der Waals surface area contributed by atoms with Crippen LogP contribution in [-0.2, 0) is 14.4 Å². The van der Waals surface area contributed by atoms with Gasteiger partial charge in [0, 0.05) is 92.3 Å². The lowest BCUT2D eigenvalue weighted by Gasteiger charge is -2.39. The highest BCUT2D eigenvalue weighted by Crippen LogP contribution is 2.60. The molecule has 104 heavy (non-hydrogen) atoms. The fraction of sp³-hybridized carbons (Fsp3) is 0.160. The number of esters is 1. The third-order valence-electron chi connectivity index (χ3n) is 19.6. The number of phenolic OH excluding ortho intramolecular Hbond substituents is 3. The summed E-state index contributed by atoms with van der Waals surface area (Å²) in [5.41, 5.74) is 0.987. The maximum Gasteiger partial charge on any atom is 0.356 e. The number of primary amides is 1. The van der Waals surface area contributed by atoms with Crippen molar-refractivity contribution in [3.8, 4) is 23.0 Å². The Balaban J connectivity index is 1.13. The third-order valence-corrected chi connectivity index (χ3v) is 22.5. The summed E-state index contributed by atoms with van der Waals surface area (Å²) in [5, 5.41) is 47.5. The van der Waals surface area contributed by atoms with Crippen molar-refractivity contribution in [1.29, 1.82) is 0 Å². The van der Waals surface area contributed by atoms with Gasteiger partial charge in [0.25, 0.3) is 23.6 Å². The number of hydrogen-bond acceptors (Lipinski definition) is 12. The zero-order valence-electron chi connectivity index (χ0n) is 54.1. The first-order valence-electron chi connectivity index (χ1n) is 31.5. The molecule has 4 unspecified atom stereocenters. The number of aliphatic carboxylic acids is 1. The van der Waals surface area contributed by atoms with Gasteiger partial charge in [0.15, 0.2) is 52.0 Å². The van der Waals surface area contributed by atoms with Crippen LogP contribution >= 0.6 is 92.8 Å². The Morgan fingerprint density at radius 2 is 0.875 bits per heavy atom. The molecule has 8 aromatic carbocycles. The number of benzene rings is 8. The van der Waals surface area contributed by atoms with E-state index in [0.29, 0.717) is 31.7 Å². The van der Waals surface area contributed by atoms with Gasteiger partial charge in [0.05, 0.1) is 85.7 Å². The Hall–Kier alpha value is -9.39. The first kappa shape index (κ1) is 72.9. The highest BCUT2D eigenvalue weighted by molar-refractivity contribution is 6.44. The summed E-state index contributed by atoms with van der Waals surface area (Å²) in [4.78, 5) is 108. The van der Waals surface area contributed by atoms with E-state index in [1.165, 1.54) is 81.4 Å². The molecule has 2 aliphatic rings. The predicted octanol–water partition coefficient (Wildman–Crippen LogP) is 18.0. The van der Waals surface area contributed by atoms with Gasteiger partial charge >= 0.3 is 11.9 Å². The lowest BCUT2D eigenvalue weighted by Crippen LogP contribution is -2.58. The Morgan fingerprint density at radius 1 is 0.500 bits per heavy atom. The van der Waals surface area contributed by atoms with Crippen LogP contribution < -0.4 is 20.1 Å². The molecule has 2 amide bonds. The zero-order valence-corrected chi connectivity index (χ0v) is 60.1. The smallest absolute Gasteiger partial charge is 0.356 e. The van der Waals surface area contributed by atoms with Gasteiger partial charge in [0.1, 0.15) is 5.70 Å². The predicted molar refractivity (Wildman–Crippen MR) is 385 cm³/mol. The first-order valence-corrected chi connectivity index (χ1v) is 34.5. The summed E-state index contributed by atoms with van der Waals surface area (Å²) in [6.07, 6.45) is 1.72. The molecule has 0 saturated heterocycles. The minimum absolute atomic E-state index is 0.0133. The molecule has 29 heteroatoms. The number of carboxylic acid groups (broad SMARTS) is 1. The monoisotopic (exact) mass is 1570 g/mol. The van der Waals surface area contributed by atoms with Gasteiger partial charge in [-0.2, -0.15) is 4.48 Å². The molecule has 530 valence electrons. The number of ether oxygens (including phenoxy) is 1. The SMILES string of the molecule is CC1=C(C(C(=O)[O-])c2c(C)n(C(=O)c3ccc(Cl)c(Cl)c3)c3cc(F)c(O)cc23)c2cc(OC(=O)C(c3c(C)n(C(=O)c4ccc(Cl)c(Cl)c4)c4cc(F)c(O)cc34)C3CCCC3)c(F)cc2[N+]1(C(=O)c1ccc(Cl)c(Cl)c1)C(C(N)=O)c1c(C)n(C(=O)c2ccc(Cl)c(Cl)c2)c2cc(F)c(O)cc12. The number of carboxylic acids is 1. The van der Waals surface area contributed by atoms with Gasteiger partial charge in [-0.05, 0) is 148 Å². The molecule has 1 aliphatic heterocycles. The van der Waals surface area contributed by atoms with Crippen molar-refractivity contribution in [3.63, 3.8) is 0 Å². The molecule has 11 aromatic rings. The maximum absolute atomic E-state index is 18.7. The number of carbonyl (C=O) groups excluding carboxylic acids is 7. The molecule has 1 saturated carbocycles. The Bertz CT molecular complexity index is 5750. The highest BCUT2D eigenvalue weighted by Gasteiger charge is 2.61. The van der Waals surface area contributed by atoms with Crippen molar-refractivity contribution >= 4 is 178 Å². The Kier molecular flexibility index (Phi) is 19.1. The largest absolute Gasteiger partial charge is 0.549 e. The molecule has 0 radical (unpaired) electrons. The van der Waals surface area contributed by atoms with Crippen molar-refractivity contribution in [2.24, 2.45) is 11.7 Å². The third kappa shape index (κ3) is 11.7. The second-order valence-corrected chi connectivity index (χ2v) is 28.5. The topological polar surface area (TPSA) is 253 Å². The number of aromatic nitrogens is 3. The summed E-state index contributed by atoms with van der Waals surface area (Å²) in [6, 6.07) is 18.8. The van der Waals surface area contributed by atoms with E-state index in [1.807, 2.05) is 0 Å². The average Bonchev–Trinajstić information content (AvgIpc) is 1.51. The second kappa shape index (κ2) is 27.3. The van der Waals surface area contributed by atoms with Gasteiger partial charge in [-0.1, -0.05) is 106 Å². The number of allylic oxidation sites excluding steroid dienone is 1. The van der Waals surface area contributed by atoms with E-state index in [4.69, 9.17) is 103 Å². The number of halogens is 12. The molecular weight excluding hydrogens is 1520 g/mol. The van der Waals surface area contributed by atoms with Crippen LogP contribution in [0.25, 0.3) is 38.3 Å². The van der Waals surface area contributed by atoms with Gasteiger partial charge < -0.3 is 35.7 Å². The molecule has 17 nitrogen and oxygen atoms in total. The molecule has 0 spiro atoms. The molecule has 1 fully saturated rings. The number of carbonyl (C=O) groups is 7. The summed E-state index contributed by atoms with van der Waals surface area (Å²) < 4.78 is 73.9. The molecule has 0 bridgehead atoms. The van der Waals surface area contributed by atoms with Crippen molar-refractivity contribution in [2.75, 3.05) is 0 Å². The fourth-order valence-corrected chi connectivity index (χ4v) is 16.2. The number of nitrogens with two attached hydrogens (primary N) is 1. The minimum Gasteiger partial charge on any atom is -0.549 e. The van der Waals surface area contributed by atoms with Crippen molar-refractivity contribution in [1.82, 2.24) is 18.2 Å². The van der Waals surface area contributed by atoms with E-state index in [2.05, 4.69) is 0 Å². The Labute approximate surface area is 626 Å². The molecule has 4 heterocycles. The van der Waals surface area contributed by atoms with Crippen molar-refractivity contribution < 1.29 is 76.3 Å². The van der Waals surface area contributed by atoms with E-state index in [1.54, 1.807) is 0 Å². The lowest BCUT2D eigenvalue weighted by atomic mass is 9.83. The number of rotatable bonds is 14. The van der Waals surface area contributed by atoms with Crippen molar-refractivity contribution in [3.05, 3.63) is 252 Å². The second-order valence-electron chi connectivity index (χ2n) is 25.2. The highest BCUT2D eigenvalue weighted by atomic mass is 35.5. The molecule has 1 aliphatic carbocycles.